The molecule has 0 atom stereocenters. The quantitative estimate of drug-likeness (QED) is 0.210. The SMILES string of the molecule is O=c1[nH]cccc1Cn1c(=O)nc(Nc2cc3cn(CC(F)F)nc3cc2Cl)n(Cc2cc(F)c(F)c(F)c2)c1=O. The lowest BCUT2D eigenvalue weighted by Crippen LogP contribution is -2.43. The molecule has 0 bridgehead atoms. The minimum Gasteiger partial charge on any atom is -0.329 e. The molecule has 16 heteroatoms. The molecule has 0 aliphatic rings. The zero-order chi connectivity index (χ0) is 29.4. The van der Waals surface area contributed by atoms with E-state index in [1.54, 1.807) is 0 Å². The van der Waals surface area contributed by atoms with Crippen LogP contribution in [0.2, 0.25) is 5.02 Å². The fourth-order valence-electron chi connectivity index (χ4n) is 4.08. The predicted octanol–water partition coefficient (Wildman–Crippen LogP) is 3.62. The van der Waals surface area contributed by atoms with Gasteiger partial charge in [-0.15, -0.1) is 0 Å². The summed E-state index contributed by atoms with van der Waals surface area (Å²) in [5.74, 6) is -5.13. The lowest BCUT2D eigenvalue weighted by Gasteiger charge is -2.16. The van der Waals surface area contributed by atoms with Crippen molar-refractivity contribution in [3.63, 3.8) is 0 Å². The Morgan fingerprint density at radius 1 is 1.00 bits per heavy atom. The number of H-pyrrole nitrogens is 1. The summed E-state index contributed by atoms with van der Waals surface area (Å²) in [6.07, 6.45) is 0.0337. The summed E-state index contributed by atoms with van der Waals surface area (Å²) in [7, 11) is 0. The van der Waals surface area contributed by atoms with Crippen LogP contribution < -0.4 is 22.3 Å². The molecule has 41 heavy (non-hydrogen) atoms. The fourth-order valence-corrected chi connectivity index (χ4v) is 4.29. The molecule has 0 saturated heterocycles. The van der Waals surface area contributed by atoms with E-state index < -0.39 is 66.4 Å². The van der Waals surface area contributed by atoms with Gasteiger partial charge < -0.3 is 10.3 Å². The Hall–Kier alpha value is -4.79. The molecule has 0 aliphatic heterocycles. The number of alkyl halides is 2. The zero-order valence-corrected chi connectivity index (χ0v) is 21.3. The number of anilines is 2. The maximum absolute atomic E-state index is 13.9. The van der Waals surface area contributed by atoms with E-state index in [1.807, 2.05) is 0 Å². The topological polar surface area (TPSA) is 120 Å². The average molecular weight is 594 g/mol. The minimum atomic E-state index is -2.66. The summed E-state index contributed by atoms with van der Waals surface area (Å²) < 4.78 is 69.5. The van der Waals surface area contributed by atoms with Gasteiger partial charge in [-0.25, -0.2) is 36.1 Å². The second-order valence-corrected chi connectivity index (χ2v) is 9.24. The number of nitrogens with zero attached hydrogens (tertiary/aromatic N) is 5. The van der Waals surface area contributed by atoms with Gasteiger partial charge in [-0.2, -0.15) is 10.1 Å². The molecule has 0 fully saturated rings. The van der Waals surface area contributed by atoms with Gasteiger partial charge in [-0.3, -0.25) is 14.0 Å². The molecule has 10 nitrogen and oxygen atoms in total. The number of rotatable bonds is 8. The van der Waals surface area contributed by atoms with Crippen molar-refractivity contribution < 1.29 is 22.0 Å². The molecule has 2 aromatic carbocycles. The van der Waals surface area contributed by atoms with Gasteiger partial charge in [-0.1, -0.05) is 17.7 Å². The summed E-state index contributed by atoms with van der Waals surface area (Å²) >= 11 is 6.34. The molecule has 212 valence electrons. The van der Waals surface area contributed by atoms with Gasteiger partial charge in [0.05, 0.1) is 29.3 Å². The molecule has 0 saturated carbocycles. The highest BCUT2D eigenvalue weighted by Crippen LogP contribution is 2.29. The van der Waals surface area contributed by atoms with E-state index in [2.05, 4.69) is 20.4 Å². The third-order valence-electron chi connectivity index (χ3n) is 5.97. The summed E-state index contributed by atoms with van der Waals surface area (Å²) in [5.41, 5.74) is -2.43. The number of aromatic nitrogens is 6. The Kier molecular flexibility index (Phi) is 7.45. The number of hydrogen-bond donors (Lipinski definition) is 2. The van der Waals surface area contributed by atoms with Gasteiger partial charge in [-0.05, 0) is 35.9 Å². The second kappa shape index (κ2) is 11.0. The maximum atomic E-state index is 13.9. The van der Waals surface area contributed by atoms with Gasteiger partial charge in [0.2, 0.25) is 5.95 Å². The van der Waals surface area contributed by atoms with Crippen molar-refractivity contribution in [3.8, 4) is 0 Å². The Balaban J connectivity index is 1.62. The van der Waals surface area contributed by atoms with Crippen LogP contribution in [0, 0.1) is 17.5 Å². The molecular weight excluding hydrogens is 577 g/mol. The molecule has 3 aromatic heterocycles. The normalized spacial score (nSPS) is 11.5. The van der Waals surface area contributed by atoms with E-state index >= 15 is 0 Å². The summed E-state index contributed by atoms with van der Waals surface area (Å²) in [6, 6.07) is 6.97. The Morgan fingerprint density at radius 2 is 1.73 bits per heavy atom. The number of halogens is 6. The highest BCUT2D eigenvalue weighted by Gasteiger charge is 2.19. The third-order valence-corrected chi connectivity index (χ3v) is 6.29. The van der Waals surface area contributed by atoms with E-state index in [1.165, 1.54) is 36.7 Å². The van der Waals surface area contributed by atoms with Crippen LogP contribution in [0.3, 0.4) is 0 Å². The van der Waals surface area contributed by atoms with E-state index in [0.717, 1.165) is 9.25 Å². The van der Waals surface area contributed by atoms with Crippen LogP contribution >= 0.6 is 11.6 Å². The lowest BCUT2D eigenvalue weighted by molar-refractivity contribution is 0.122. The Bertz CT molecular complexity index is 1950. The predicted molar refractivity (Wildman–Crippen MR) is 138 cm³/mol. The second-order valence-electron chi connectivity index (χ2n) is 8.83. The monoisotopic (exact) mass is 593 g/mol. The van der Waals surface area contributed by atoms with Crippen molar-refractivity contribution in [2.45, 2.75) is 26.1 Å². The van der Waals surface area contributed by atoms with Gasteiger partial charge in [0.1, 0.15) is 6.54 Å². The largest absolute Gasteiger partial charge is 0.355 e. The maximum Gasteiger partial charge on any atom is 0.355 e. The van der Waals surface area contributed by atoms with Gasteiger partial charge in [0, 0.05) is 23.3 Å². The lowest BCUT2D eigenvalue weighted by atomic mass is 10.2. The van der Waals surface area contributed by atoms with E-state index in [-0.39, 0.29) is 27.4 Å². The number of aromatic amines is 1. The molecule has 0 spiro atoms. The molecule has 3 heterocycles. The Morgan fingerprint density at radius 3 is 2.41 bits per heavy atom. The first-order chi connectivity index (χ1) is 19.5. The number of hydrogen-bond acceptors (Lipinski definition) is 6. The number of fused-ring (bicyclic) bond motifs is 1. The standard InChI is InChI=1S/C25H17ClF5N7O3/c26-15-7-18-14(9-36(35-18)11-20(29)30)6-19(15)33-23-34-24(40)38(10-13-2-1-3-32-22(13)39)25(41)37(23)8-12-4-16(27)21(31)17(28)5-12/h1-7,9,20H,8,10-11H2,(H,32,39)(H,33,34,40). The molecule has 0 aliphatic carbocycles. The van der Waals surface area contributed by atoms with E-state index in [9.17, 15) is 36.3 Å². The highest BCUT2D eigenvalue weighted by atomic mass is 35.5. The zero-order valence-electron chi connectivity index (χ0n) is 20.5. The smallest absolute Gasteiger partial charge is 0.329 e. The van der Waals surface area contributed by atoms with Gasteiger partial charge >= 0.3 is 11.4 Å². The fraction of sp³-hybridized carbons (Fsp3) is 0.160. The van der Waals surface area contributed by atoms with Gasteiger partial charge in [0.25, 0.3) is 12.0 Å². The molecule has 5 aromatic rings. The summed E-state index contributed by atoms with van der Waals surface area (Å²) in [6.45, 7) is -1.73. The molecule has 0 radical (unpaired) electrons. The van der Waals surface area contributed by atoms with Gasteiger partial charge in [0.15, 0.2) is 17.5 Å². The summed E-state index contributed by atoms with van der Waals surface area (Å²) in [4.78, 5) is 44.9. The van der Waals surface area contributed by atoms with Crippen LogP contribution in [0.25, 0.3) is 10.9 Å². The van der Waals surface area contributed by atoms with Crippen molar-refractivity contribution in [2.75, 3.05) is 5.32 Å². The van der Waals surface area contributed by atoms with Crippen molar-refractivity contribution in [3.05, 3.63) is 114 Å². The third kappa shape index (κ3) is 5.75. The molecule has 2 N–H and O–H groups in total. The van der Waals surface area contributed by atoms with Crippen LogP contribution in [0.1, 0.15) is 11.1 Å². The highest BCUT2D eigenvalue weighted by molar-refractivity contribution is 6.34. The number of nitrogens with one attached hydrogen (secondary N) is 2. The minimum absolute atomic E-state index is 0.0134. The van der Waals surface area contributed by atoms with E-state index in [0.29, 0.717) is 22.1 Å². The number of benzene rings is 2. The van der Waals surface area contributed by atoms with Crippen molar-refractivity contribution in [1.82, 2.24) is 28.9 Å². The first kappa shape index (κ1) is 27.8. The molecule has 0 amide bonds. The molecule has 5 rings (SSSR count). The van der Waals surface area contributed by atoms with Crippen molar-refractivity contribution in [1.29, 1.82) is 0 Å². The van der Waals surface area contributed by atoms with Crippen LogP contribution in [0.15, 0.2) is 63.2 Å². The van der Waals surface area contributed by atoms with E-state index in [4.69, 9.17) is 11.6 Å². The van der Waals surface area contributed by atoms with Crippen LogP contribution in [0.4, 0.5) is 33.6 Å². The first-order valence-corrected chi connectivity index (χ1v) is 12.1. The average Bonchev–Trinajstić information content (AvgIpc) is 3.28. The van der Waals surface area contributed by atoms with Crippen molar-refractivity contribution in [2.24, 2.45) is 0 Å². The van der Waals surface area contributed by atoms with Crippen molar-refractivity contribution >= 4 is 34.1 Å². The summed E-state index contributed by atoms with van der Waals surface area (Å²) in [5, 5.41) is 7.13. The molecule has 0 unspecified atom stereocenters. The van der Waals surface area contributed by atoms with Crippen LogP contribution in [-0.4, -0.2) is 35.3 Å². The number of pyridine rings is 1. The van der Waals surface area contributed by atoms with Crippen LogP contribution in [0.5, 0.6) is 0 Å². The first-order valence-electron chi connectivity index (χ1n) is 11.7. The Labute approximate surface area is 230 Å². The molecular formula is C25H17ClF5N7O3. The van der Waals surface area contributed by atoms with Crippen LogP contribution in [-0.2, 0) is 19.6 Å².